The predicted molar refractivity (Wildman–Crippen MR) is 61.5 cm³/mol. The molecular formula is C12H15NO2. The summed E-state index contributed by atoms with van der Waals surface area (Å²) < 4.78 is 0. The van der Waals surface area contributed by atoms with Crippen LogP contribution in [0.3, 0.4) is 0 Å². The van der Waals surface area contributed by atoms with Gasteiger partial charge >= 0.3 is 0 Å². The van der Waals surface area contributed by atoms with Crippen LogP contribution < -0.4 is 5.32 Å². The van der Waals surface area contributed by atoms with Crippen LogP contribution >= 0.6 is 0 Å². The van der Waals surface area contributed by atoms with Crippen LogP contribution in [0.5, 0.6) is 0 Å². The number of aliphatic hydroxyl groups is 1. The van der Waals surface area contributed by atoms with Crippen LogP contribution in [0.25, 0.3) is 6.08 Å². The number of hydrogen-bond acceptors (Lipinski definition) is 2. The van der Waals surface area contributed by atoms with Crippen molar-refractivity contribution < 1.29 is 9.90 Å². The second kappa shape index (κ2) is 5.98. The molecule has 1 aromatic rings. The van der Waals surface area contributed by atoms with Gasteiger partial charge in [-0.15, -0.1) is 0 Å². The average molecular weight is 205 g/mol. The van der Waals surface area contributed by atoms with E-state index in [1.54, 1.807) is 0 Å². The third-order valence-corrected chi connectivity index (χ3v) is 1.86. The van der Waals surface area contributed by atoms with E-state index in [1.807, 2.05) is 36.4 Å². The quantitative estimate of drug-likeness (QED) is 0.790. The lowest BCUT2D eigenvalue weighted by Gasteiger charge is -2.05. The third kappa shape index (κ3) is 3.95. The first-order valence-electron chi connectivity index (χ1n) is 4.88. The van der Waals surface area contributed by atoms with Crippen molar-refractivity contribution in [3.63, 3.8) is 0 Å². The number of anilines is 1. The average Bonchev–Trinajstić information content (AvgIpc) is 2.20. The van der Waals surface area contributed by atoms with Crippen molar-refractivity contribution in [2.45, 2.75) is 13.3 Å². The molecule has 15 heavy (non-hydrogen) atoms. The fourth-order valence-electron chi connectivity index (χ4n) is 1.23. The van der Waals surface area contributed by atoms with Crippen molar-refractivity contribution in [3.8, 4) is 0 Å². The Morgan fingerprint density at radius 2 is 2.20 bits per heavy atom. The van der Waals surface area contributed by atoms with Crippen molar-refractivity contribution in [3.05, 3.63) is 35.9 Å². The summed E-state index contributed by atoms with van der Waals surface area (Å²) in [6.07, 6.45) is 4.39. The van der Waals surface area contributed by atoms with E-state index in [4.69, 9.17) is 5.11 Å². The molecule has 3 heteroatoms. The Labute approximate surface area is 89.4 Å². The molecule has 3 nitrogen and oxygen atoms in total. The first-order chi connectivity index (χ1) is 7.24. The van der Waals surface area contributed by atoms with E-state index in [0.29, 0.717) is 6.42 Å². The first-order valence-corrected chi connectivity index (χ1v) is 4.88. The number of para-hydroxylation sites is 1. The molecule has 0 heterocycles. The van der Waals surface area contributed by atoms with Gasteiger partial charge in [0.15, 0.2) is 0 Å². The smallest absolute Gasteiger partial charge is 0.221 e. The monoisotopic (exact) mass is 205 g/mol. The zero-order valence-electron chi connectivity index (χ0n) is 8.73. The molecule has 0 saturated heterocycles. The molecule has 0 aromatic heterocycles. The van der Waals surface area contributed by atoms with Gasteiger partial charge in [-0.1, -0.05) is 30.4 Å². The second-order valence-corrected chi connectivity index (χ2v) is 3.18. The number of carbonyl (C=O) groups excluding carboxylic acids is 1. The summed E-state index contributed by atoms with van der Waals surface area (Å²) in [4.78, 5) is 10.9. The SMILES string of the molecule is CC(=O)Nc1ccccc1C=CCCO. The highest BCUT2D eigenvalue weighted by Gasteiger charge is 1.98. The number of nitrogens with one attached hydrogen (secondary N) is 1. The summed E-state index contributed by atoms with van der Waals surface area (Å²) in [5, 5.41) is 11.4. The molecule has 80 valence electrons. The van der Waals surface area contributed by atoms with E-state index < -0.39 is 0 Å². The third-order valence-electron chi connectivity index (χ3n) is 1.86. The highest BCUT2D eigenvalue weighted by Crippen LogP contribution is 2.16. The van der Waals surface area contributed by atoms with E-state index in [-0.39, 0.29) is 12.5 Å². The van der Waals surface area contributed by atoms with Crippen molar-refractivity contribution in [1.29, 1.82) is 0 Å². The molecule has 1 aromatic carbocycles. The summed E-state index contributed by atoms with van der Waals surface area (Å²) in [6, 6.07) is 7.54. The zero-order valence-corrected chi connectivity index (χ0v) is 8.73. The van der Waals surface area contributed by atoms with Crippen LogP contribution in [0.2, 0.25) is 0 Å². The predicted octanol–water partition coefficient (Wildman–Crippen LogP) is 2.04. The van der Waals surface area contributed by atoms with Gasteiger partial charge in [0.1, 0.15) is 0 Å². The van der Waals surface area contributed by atoms with Gasteiger partial charge in [-0.3, -0.25) is 4.79 Å². The van der Waals surface area contributed by atoms with Crippen molar-refractivity contribution in [2.75, 3.05) is 11.9 Å². The minimum atomic E-state index is -0.0852. The van der Waals surface area contributed by atoms with Gasteiger partial charge in [0.2, 0.25) is 5.91 Å². The van der Waals surface area contributed by atoms with Gasteiger partial charge in [-0.25, -0.2) is 0 Å². The lowest BCUT2D eigenvalue weighted by atomic mass is 10.1. The number of benzene rings is 1. The highest BCUT2D eigenvalue weighted by molar-refractivity contribution is 5.91. The zero-order chi connectivity index (χ0) is 11.1. The van der Waals surface area contributed by atoms with Crippen LogP contribution in [-0.2, 0) is 4.79 Å². The van der Waals surface area contributed by atoms with Crippen LogP contribution in [0, 0.1) is 0 Å². The lowest BCUT2D eigenvalue weighted by Crippen LogP contribution is -2.06. The number of aliphatic hydroxyl groups excluding tert-OH is 1. The van der Waals surface area contributed by atoms with E-state index in [9.17, 15) is 4.79 Å². The normalized spacial score (nSPS) is 10.5. The number of hydrogen-bond donors (Lipinski definition) is 2. The van der Waals surface area contributed by atoms with E-state index in [1.165, 1.54) is 6.92 Å². The Morgan fingerprint density at radius 1 is 1.47 bits per heavy atom. The van der Waals surface area contributed by atoms with Crippen molar-refractivity contribution >= 4 is 17.7 Å². The minimum Gasteiger partial charge on any atom is -0.396 e. The molecule has 0 aliphatic heterocycles. The molecule has 1 rings (SSSR count). The topological polar surface area (TPSA) is 49.3 Å². The van der Waals surface area contributed by atoms with Gasteiger partial charge in [0.05, 0.1) is 0 Å². The molecule has 0 unspecified atom stereocenters. The molecule has 0 spiro atoms. The molecular weight excluding hydrogens is 190 g/mol. The Balaban J connectivity index is 2.81. The van der Waals surface area contributed by atoms with Gasteiger partial charge in [-0.2, -0.15) is 0 Å². The van der Waals surface area contributed by atoms with Crippen LogP contribution in [0.4, 0.5) is 5.69 Å². The van der Waals surface area contributed by atoms with Crippen LogP contribution in [-0.4, -0.2) is 17.6 Å². The molecule has 1 amide bonds. The van der Waals surface area contributed by atoms with Gasteiger partial charge < -0.3 is 10.4 Å². The largest absolute Gasteiger partial charge is 0.396 e. The molecule has 0 atom stereocenters. The molecule has 0 radical (unpaired) electrons. The lowest BCUT2D eigenvalue weighted by molar-refractivity contribution is -0.114. The minimum absolute atomic E-state index is 0.0852. The molecule has 0 saturated carbocycles. The molecule has 0 bridgehead atoms. The standard InChI is InChI=1S/C12H15NO2/c1-10(15)13-12-8-3-2-6-11(12)7-4-5-9-14/h2-4,6-8,14H,5,9H2,1H3,(H,13,15). The van der Waals surface area contributed by atoms with Gasteiger partial charge in [-0.05, 0) is 18.1 Å². The molecule has 0 aliphatic carbocycles. The Bertz CT molecular complexity index is 358. The maximum Gasteiger partial charge on any atom is 0.221 e. The van der Waals surface area contributed by atoms with E-state index in [2.05, 4.69) is 5.32 Å². The van der Waals surface area contributed by atoms with E-state index in [0.717, 1.165) is 11.3 Å². The fraction of sp³-hybridized carbons (Fsp3) is 0.250. The Kier molecular flexibility index (Phi) is 4.57. The highest BCUT2D eigenvalue weighted by atomic mass is 16.2. The van der Waals surface area contributed by atoms with Gasteiger partial charge in [0.25, 0.3) is 0 Å². The first kappa shape index (κ1) is 11.5. The van der Waals surface area contributed by atoms with Crippen LogP contribution in [0.15, 0.2) is 30.3 Å². The maximum absolute atomic E-state index is 10.9. The molecule has 0 fully saturated rings. The summed E-state index contributed by atoms with van der Waals surface area (Å²) in [7, 11) is 0. The van der Waals surface area contributed by atoms with Crippen LogP contribution in [0.1, 0.15) is 18.9 Å². The Morgan fingerprint density at radius 3 is 2.87 bits per heavy atom. The summed E-state index contributed by atoms with van der Waals surface area (Å²) in [5.41, 5.74) is 1.74. The Hall–Kier alpha value is -1.61. The maximum atomic E-state index is 10.9. The molecule has 2 N–H and O–H groups in total. The second-order valence-electron chi connectivity index (χ2n) is 3.18. The van der Waals surface area contributed by atoms with E-state index >= 15 is 0 Å². The van der Waals surface area contributed by atoms with Gasteiger partial charge in [0, 0.05) is 19.2 Å². The van der Waals surface area contributed by atoms with Crippen molar-refractivity contribution in [1.82, 2.24) is 0 Å². The summed E-state index contributed by atoms with van der Waals surface area (Å²) >= 11 is 0. The number of rotatable bonds is 4. The number of carbonyl (C=O) groups is 1. The summed E-state index contributed by atoms with van der Waals surface area (Å²) in [5.74, 6) is -0.0852. The summed E-state index contributed by atoms with van der Waals surface area (Å²) in [6.45, 7) is 1.62. The van der Waals surface area contributed by atoms with Crippen molar-refractivity contribution in [2.24, 2.45) is 0 Å². The fourth-order valence-corrected chi connectivity index (χ4v) is 1.23. The number of amides is 1. The molecule has 0 aliphatic rings.